The topological polar surface area (TPSA) is 6.48 Å². The Morgan fingerprint density at radius 1 is 0.325 bits per heavy atom. The van der Waals surface area contributed by atoms with Gasteiger partial charge in [0.05, 0.1) is 0 Å². The highest BCUT2D eigenvalue weighted by atomic mass is 15.2. The van der Waals surface area contributed by atoms with E-state index in [0.29, 0.717) is 0 Å². The van der Waals surface area contributed by atoms with Gasteiger partial charge in [-0.05, 0) is 83.9 Å². The Labute approximate surface area is 238 Å². The van der Waals surface area contributed by atoms with Crippen molar-refractivity contribution < 1.29 is 0 Å². The van der Waals surface area contributed by atoms with Crippen molar-refractivity contribution in [3.05, 3.63) is 183 Å². The Hall–Kier alpha value is -5.34. The van der Waals surface area contributed by atoms with Crippen LogP contribution in [-0.2, 0) is 0 Å². The van der Waals surface area contributed by atoms with Gasteiger partial charge in [-0.25, -0.2) is 0 Å². The molecular formula is C38H34N2. The predicted molar refractivity (Wildman–Crippen MR) is 176 cm³/mol. The maximum absolute atomic E-state index is 3.88. The molecule has 2 nitrogen and oxygen atoms in total. The van der Waals surface area contributed by atoms with Crippen molar-refractivity contribution in [3.63, 3.8) is 0 Å². The fourth-order valence-corrected chi connectivity index (χ4v) is 4.32. The Kier molecular flexibility index (Phi) is 9.68. The Bertz CT molecular complexity index is 1400. The standard InChI is InChI=1S/C34H28N2.C4H6/c1-3-27-15-19-31(20-16-27)35(29-11-7-5-8-12-29)33-23-25-34(26-24-33)36(30-13-9-6-10-14-30)32-21-17-28(4-2)18-22-32;1-3-4-2/h3-26H,1-2H2;3-4H,1-2H2. The van der Waals surface area contributed by atoms with Crippen molar-refractivity contribution in [2.45, 2.75) is 0 Å². The van der Waals surface area contributed by atoms with Crippen LogP contribution in [0.5, 0.6) is 0 Å². The van der Waals surface area contributed by atoms with Crippen molar-refractivity contribution in [2.24, 2.45) is 0 Å². The second-order valence-corrected chi connectivity index (χ2v) is 8.92. The summed E-state index contributed by atoms with van der Waals surface area (Å²) in [7, 11) is 0. The van der Waals surface area contributed by atoms with Crippen LogP contribution in [0.1, 0.15) is 11.1 Å². The highest BCUT2D eigenvalue weighted by Gasteiger charge is 2.15. The fourth-order valence-electron chi connectivity index (χ4n) is 4.32. The average molecular weight is 519 g/mol. The first-order chi connectivity index (χ1) is 19.7. The zero-order chi connectivity index (χ0) is 28.2. The molecule has 0 amide bonds. The smallest absolute Gasteiger partial charge is 0.0463 e. The lowest BCUT2D eigenvalue weighted by Gasteiger charge is -2.28. The minimum absolute atomic E-state index is 1.09. The number of allylic oxidation sites excluding steroid dienone is 2. The summed E-state index contributed by atoms with van der Waals surface area (Å²) in [6.45, 7) is 14.5. The molecule has 0 aliphatic carbocycles. The third-order valence-electron chi connectivity index (χ3n) is 6.34. The van der Waals surface area contributed by atoms with Gasteiger partial charge < -0.3 is 9.80 Å². The van der Waals surface area contributed by atoms with Crippen molar-refractivity contribution in [1.82, 2.24) is 0 Å². The van der Waals surface area contributed by atoms with Crippen LogP contribution in [0.2, 0.25) is 0 Å². The molecule has 0 saturated carbocycles. The van der Waals surface area contributed by atoms with E-state index in [-0.39, 0.29) is 0 Å². The van der Waals surface area contributed by atoms with Crippen LogP contribution >= 0.6 is 0 Å². The zero-order valence-corrected chi connectivity index (χ0v) is 22.7. The number of hydrogen-bond donors (Lipinski definition) is 0. The van der Waals surface area contributed by atoms with Gasteiger partial charge in [0.15, 0.2) is 0 Å². The maximum Gasteiger partial charge on any atom is 0.0463 e. The summed E-state index contributed by atoms with van der Waals surface area (Å²) in [6.07, 6.45) is 7.01. The number of anilines is 6. The van der Waals surface area contributed by atoms with E-state index >= 15 is 0 Å². The van der Waals surface area contributed by atoms with Crippen molar-refractivity contribution in [1.29, 1.82) is 0 Å². The lowest BCUT2D eigenvalue weighted by molar-refractivity contribution is 1.25. The molecule has 0 bridgehead atoms. The first kappa shape index (κ1) is 27.7. The van der Waals surface area contributed by atoms with Gasteiger partial charge in [-0.15, -0.1) is 0 Å². The molecule has 5 rings (SSSR count). The van der Waals surface area contributed by atoms with Gasteiger partial charge in [-0.2, -0.15) is 0 Å². The summed E-state index contributed by atoms with van der Waals surface area (Å²) in [4.78, 5) is 4.53. The van der Waals surface area contributed by atoms with E-state index in [1.807, 2.05) is 24.3 Å². The summed E-state index contributed by atoms with van der Waals surface area (Å²) in [6, 6.07) is 46.5. The van der Waals surface area contributed by atoms with Crippen LogP contribution in [0.3, 0.4) is 0 Å². The van der Waals surface area contributed by atoms with E-state index in [9.17, 15) is 0 Å². The average Bonchev–Trinajstić information content (AvgIpc) is 3.04. The molecule has 0 N–H and O–H groups in total. The molecule has 0 heterocycles. The third-order valence-corrected chi connectivity index (χ3v) is 6.34. The van der Waals surface area contributed by atoms with Gasteiger partial charge in [-0.1, -0.05) is 111 Å². The first-order valence-electron chi connectivity index (χ1n) is 13.2. The van der Waals surface area contributed by atoms with Crippen molar-refractivity contribution in [2.75, 3.05) is 9.80 Å². The largest absolute Gasteiger partial charge is 0.311 e. The van der Waals surface area contributed by atoms with Crippen LogP contribution in [0.25, 0.3) is 12.2 Å². The first-order valence-corrected chi connectivity index (χ1v) is 13.2. The van der Waals surface area contributed by atoms with E-state index in [4.69, 9.17) is 0 Å². The lowest BCUT2D eigenvalue weighted by Crippen LogP contribution is -2.12. The van der Waals surface area contributed by atoms with Crippen LogP contribution < -0.4 is 9.80 Å². The molecule has 0 radical (unpaired) electrons. The molecule has 0 aromatic heterocycles. The molecule has 5 aromatic rings. The summed E-state index contributed by atoms with van der Waals surface area (Å²) < 4.78 is 0. The van der Waals surface area contributed by atoms with Crippen LogP contribution in [0, 0.1) is 0 Å². The van der Waals surface area contributed by atoms with Crippen LogP contribution in [0.4, 0.5) is 34.1 Å². The molecule has 2 heteroatoms. The lowest BCUT2D eigenvalue weighted by atomic mass is 10.1. The minimum Gasteiger partial charge on any atom is -0.311 e. The molecular weight excluding hydrogens is 484 g/mol. The SMILES string of the molecule is C=CC=C.C=Cc1ccc(N(c2ccccc2)c2ccc(N(c3ccccc3)c3ccc(C=C)cc3)cc2)cc1. The van der Waals surface area contributed by atoms with Gasteiger partial charge in [-0.3, -0.25) is 0 Å². The number of para-hydroxylation sites is 2. The van der Waals surface area contributed by atoms with Crippen molar-refractivity contribution >= 4 is 46.3 Å². The van der Waals surface area contributed by atoms with Gasteiger partial charge in [0, 0.05) is 34.1 Å². The molecule has 0 aliphatic heterocycles. The van der Waals surface area contributed by atoms with E-state index < -0.39 is 0 Å². The molecule has 196 valence electrons. The number of nitrogens with zero attached hydrogens (tertiary/aromatic N) is 2. The highest BCUT2D eigenvalue weighted by molar-refractivity contribution is 5.81. The van der Waals surface area contributed by atoms with Gasteiger partial charge in [0.2, 0.25) is 0 Å². The van der Waals surface area contributed by atoms with Gasteiger partial charge in [0.1, 0.15) is 0 Å². The minimum atomic E-state index is 1.09. The third kappa shape index (κ3) is 6.75. The van der Waals surface area contributed by atoms with Gasteiger partial charge in [0.25, 0.3) is 0 Å². The molecule has 0 unspecified atom stereocenters. The fraction of sp³-hybridized carbons (Fsp3) is 0. The maximum atomic E-state index is 3.88. The monoisotopic (exact) mass is 518 g/mol. The normalized spacial score (nSPS) is 9.90. The van der Waals surface area contributed by atoms with Crippen LogP contribution in [0.15, 0.2) is 172 Å². The van der Waals surface area contributed by atoms with E-state index in [0.717, 1.165) is 45.3 Å². The Balaban J connectivity index is 0.000000867. The molecule has 0 atom stereocenters. The van der Waals surface area contributed by atoms with Gasteiger partial charge >= 0.3 is 0 Å². The molecule has 0 fully saturated rings. The molecule has 0 saturated heterocycles. The van der Waals surface area contributed by atoms with E-state index in [1.165, 1.54) is 0 Å². The number of hydrogen-bond acceptors (Lipinski definition) is 2. The summed E-state index contributed by atoms with van der Waals surface area (Å²) in [5.41, 5.74) is 8.79. The molecule has 5 aromatic carbocycles. The number of rotatable bonds is 9. The summed E-state index contributed by atoms with van der Waals surface area (Å²) >= 11 is 0. The molecule has 40 heavy (non-hydrogen) atoms. The summed E-state index contributed by atoms with van der Waals surface area (Å²) in [5, 5.41) is 0. The van der Waals surface area contributed by atoms with E-state index in [1.54, 1.807) is 12.2 Å². The zero-order valence-electron chi connectivity index (χ0n) is 22.7. The molecule has 0 spiro atoms. The number of benzene rings is 5. The quantitative estimate of drug-likeness (QED) is 0.179. The molecule has 0 aliphatic rings. The summed E-state index contributed by atoms with van der Waals surface area (Å²) in [5.74, 6) is 0. The Morgan fingerprint density at radius 3 is 0.825 bits per heavy atom. The van der Waals surface area contributed by atoms with E-state index in [2.05, 4.69) is 157 Å². The predicted octanol–water partition coefficient (Wildman–Crippen LogP) is 11.3. The second kappa shape index (κ2) is 14.0. The second-order valence-electron chi connectivity index (χ2n) is 8.92. The highest BCUT2D eigenvalue weighted by Crippen LogP contribution is 2.39. The van der Waals surface area contributed by atoms with Crippen LogP contribution in [-0.4, -0.2) is 0 Å². The van der Waals surface area contributed by atoms with Crippen molar-refractivity contribution in [3.8, 4) is 0 Å². The Morgan fingerprint density at radius 2 is 0.575 bits per heavy atom.